The molecule has 1 unspecified atom stereocenters. The SMILES string of the molecule is CCC(C)CNc1nc(NN)nc(N(CC)CC)n1. The van der Waals surface area contributed by atoms with Crippen LogP contribution in [0.15, 0.2) is 0 Å². The molecule has 1 aromatic rings. The normalized spacial score (nSPS) is 12.1. The number of anilines is 3. The molecule has 1 heterocycles. The molecule has 0 aromatic carbocycles. The maximum Gasteiger partial charge on any atom is 0.243 e. The molecule has 0 aliphatic heterocycles. The van der Waals surface area contributed by atoms with Crippen molar-refractivity contribution in [3.8, 4) is 0 Å². The molecule has 1 atom stereocenters. The third-order valence-corrected chi connectivity index (χ3v) is 3.10. The number of hydrogen-bond donors (Lipinski definition) is 3. The van der Waals surface area contributed by atoms with Gasteiger partial charge < -0.3 is 10.2 Å². The first-order chi connectivity index (χ1) is 9.14. The third-order valence-electron chi connectivity index (χ3n) is 3.10. The van der Waals surface area contributed by atoms with Crippen LogP contribution < -0.4 is 21.5 Å². The smallest absolute Gasteiger partial charge is 0.243 e. The molecule has 19 heavy (non-hydrogen) atoms. The van der Waals surface area contributed by atoms with Crippen LogP contribution in [0.4, 0.5) is 17.8 Å². The van der Waals surface area contributed by atoms with E-state index in [2.05, 4.69) is 58.3 Å². The van der Waals surface area contributed by atoms with Crippen molar-refractivity contribution in [2.75, 3.05) is 35.3 Å². The molecular formula is C12H25N7. The van der Waals surface area contributed by atoms with Gasteiger partial charge >= 0.3 is 0 Å². The first kappa shape index (κ1) is 15.4. The summed E-state index contributed by atoms with van der Waals surface area (Å²) < 4.78 is 0. The molecule has 0 saturated heterocycles. The number of hydrazine groups is 1. The summed E-state index contributed by atoms with van der Waals surface area (Å²) in [5, 5.41) is 3.23. The number of nitrogens with one attached hydrogen (secondary N) is 2. The lowest BCUT2D eigenvalue weighted by Gasteiger charge is -2.19. The predicted octanol–water partition coefficient (Wildman–Crippen LogP) is 1.46. The van der Waals surface area contributed by atoms with E-state index < -0.39 is 0 Å². The molecule has 0 spiro atoms. The molecule has 1 aromatic heterocycles. The summed E-state index contributed by atoms with van der Waals surface area (Å²) in [6.45, 7) is 11.0. The van der Waals surface area contributed by atoms with Gasteiger partial charge in [0.2, 0.25) is 17.8 Å². The van der Waals surface area contributed by atoms with E-state index in [1.807, 2.05) is 0 Å². The minimum atomic E-state index is 0.378. The fourth-order valence-corrected chi connectivity index (χ4v) is 1.57. The van der Waals surface area contributed by atoms with Crippen LogP contribution in [0, 0.1) is 5.92 Å². The van der Waals surface area contributed by atoms with Crippen LogP contribution in [0.25, 0.3) is 0 Å². The maximum atomic E-state index is 5.40. The zero-order chi connectivity index (χ0) is 14.3. The lowest BCUT2D eigenvalue weighted by atomic mass is 10.1. The fraction of sp³-hybridized carbons (Fsp3) is 0.750. The average Bonchev–Trinajstić information content (AvgIpc) is 2.45. The predicted molar refractivity (Wildman–Crippen MR) is 79.1 cm³/mol. The van der Waals surface area contributed by atoms with E-state index in [-0.39, 0.29) is 0 Å². The van der Waals surface area contributed by atoms with Gasteiger partial charge in [0.25, 0.3) is 0 Å². The molecule has 0 saturated carbocycles. The van der Waals surface area contributed by atoms with Crippen LogP contribution in [0.3, 0.4) is 0 Å². The van der Waals surface area contributed by atoms with Crippen LogP contribution in [-0.2, 0) is 0 Å². The summed E-state index contributed by atoms with van der Waals surface area (Å²) in [7, 11) is 0. The van der Waals surface area contributed by atoms with Crippen LogP contribution in [0.2, 0.25) is 0 Å². The van der Waals surface area contributed by atoms with Crippen molar-refractivity contribution in [2.45, 2.75) is 34.1 Å². The van der Waals surface area contributed by atoms with Gasteiger partial charge in [-0.15, -0.1) is 0 Å². The van der Waals surface area contributed by atoms with Crippen LogP contribution in [-0.4, -0.2) is 34.6 Å². The number of nitrogens with two attached hydrogens (primary N) is 1. The van der Waals surface area contributed by atoms with Gasteiger partial charge in [0.1, 0.15) is 0 Å². The molecule has 0 aliphatic rings. The minimum Gasteiger partial charge on any atom is -0.354 e. The summed E-state index contributed by atoms with van der Waals surface area (Å²) in [6, 6.07) is 0. The topological polar surface area (TPSA) is 92.0 Å². The molecular weight excluding hydrogens is 242 g/mol. The second-order valence-electron chi connectivity index (χ2n) is 4.49. The van der Waals surface area contributed by atoms with Crippen LogP contribution in [0.1, 0.15) is 34.1 Å². The molecule has 7 nitrogen and oxygen atoms in total. The van der Waals surface area contributed by atoms with Crippen molar-refractivity contribution < 1.29 is 0 Å². The van der Waals surface area contributed by atoms with Crippen molar-refractivity contribution in [2.24, 2.45) is 11.8 Å². The minimum absolute atomic E-state index is 0.378. The highest BCUT2D eigenvalue weighted by molar-refractivity contribution is 5.43. The largest absolute Gasteiger partial charge is 0.354 e. The highest BCUT2D eigenvalue weighted by Crippen LogP contribution is 2.13. The second-order valence-corrected chi connectivity index (χ2v) is 4.49. The molecule has 0 radical (unpaired) electrons. The zero-order valence-corrected chi connectivity index (χ0v) is 12.3. The molecule has 7 heteroatoms. The van der Waals surface area contributed by atoms with E-state index in [0.717, 1.165) is 26.1 Å². The maximum absolute atomic E-state index is 5.40. The van der Waals surface area contributed by atoms with Crippen molar-refractivity contribution in [3.05, 3.63) is 0 Å². The Hall–Kier alpha value is -1.63. The lowest BCUT2D eigenvalue weighted by Crippen LogP contribution is -2.26. The van der Waals surface area contributed by atoms with Gasteiger partial charge in [-0.2, -0.15) is 15.0 Å². The molecule has 0 bridgehead atoms. The molecule has 0 fully saturated rings. The Labute approximate surface area is 115 Å². The van der Waals surface area contributed by atoms with Crippen molar-refractivity contribution in [1.82, 2.24) is 15.0 Å². The van der Waals surface area contributed by atoms with E-state index in [9.17, 15) is 0 Å². The highest BCUT2D eigenvalue weighted by atomic mass is 15.4. The Balaban J connectivity index is 2.88. The van der Waals surface area contributed by atoms with E-state index in [0.29, 0.717) is 23.8 Å². The number of nitrogen functional groups attached to an aromatic ring is 1. The zero-order valence-electron chi connectivity index (χ0n) is 12.3. The highest BCUT2D eigenvalue weighted by Gasteiger charge is 2.11. The average molecular weight is 267 g/mol. The van der Waals surface area contributed by atoms with Crippen LogP contribution >= 0.6 is 0 Å². The van der Waals surface area contributed by atoms with Crippen molar-refractivity contribution in [3.63, 3.8) is 0 Å². The monoisotopic (exact) mass is 267 g/mol. The van der Waals surface area contributed by atoms with Crippen molar-refractivity contribution in [1.29, 1.82) is 0 Å². The van der Waals surface area contributed by atoms with Crippen molar-refractivity contribution >= 4 is 17.8 Å². The van der Waals surface area contributed by atoms with E-state index in [1.54, 1.807) is 0 Å². The second kappa shape index (κ2) is 7.73. The van der Waals surface area contributed by atoms with E-state index >= 15 is 0 Å². The Morgan fingerprint density at radius 2 is 1.74 bits per heavy atom. The number of aromatic nitrogens is 3. The Morgan fingerprint density at radius 3 is 2.26 bits per heavy atom. The molecule has 0 aliphatic carbocycles. The number of nitrogens with zero attached hydrogens (tertiary/aromatic N) is 4. The summed E-state index contributed by atoms with van der Waals surface area (Å²) in [4.78, 5) is 15.0. The summed E-state index contributed by atoms with van der Waals surface area (Å²) in [6.07, 6.45) is 1.11. The van der Waals surface area contributed by atoms with E-state index in [4.69, 9.17) is 5.84 Å². The standard InChI is InChI=1S/C12H25N7/c1-5-9(4)8-14-10-15-11(18-13)17-12(16-10)19(6-2)7-3/h9H,5-8,13H2,1-4H3,(H2,14,15,16,17,18). The first-order valence-electron chi connectivity index (χ1n) is 6.86. The van der Waals surface area contributed by atoms with Gasteiger partial charge in [0.05, 0.1) is 0 Å². The summed E-state index contributed by atoms with van der Waals surface area (Å²) >= 11 is 0. The Kier molecular flexibility index (Phi) is 6.27. The first-order valence-corrected chi connectivity index (χ1v) is 6.86. The third kappa shape index (κ3) is 4.51. The number of hydrogen-bond acceptors (Lipinski definition) is 7. The molecule has 4 N–H and O–H groups in total. The van der Waals surface area contributed by atoms with Gasteiger partial charge in [0.15, 0.2) is 0 Å². The summed E-state index contributed by atoms with van der Waals surface area (Å²) in [5.74, 6) is 7.55. The summed E-state index contributed by atoms with van der Waals surface area (Å²) in [5.41, 5.74) is 2.48. The van der Waals surface area contributed by atoms with Crippen LogP contribution in [0.5, 0.6) is 0 Å². The van der Waals surface area contributed by atoms with E-state index in [1.165, 1.54) is 0 Å². The molecule has 0 amide bonds. The van der Waals surface area contributed by atoms with Gasteiger partial charge in [0, 0.05) is 19.6 Å². The Morgan fingerprint density at radius 1 is 1.11 bits per heavy atom. The van der Waals surface area contributed by atoms with Gasteiger partial charge in [-0.3, -0.25) is 5.43 Å². The molecule has 108 valence electrons. The number of rotatable bonds is 8. The molecule has 1 rings (SSSR count). The quantitative estimate of drug-likeness (QED) is 0.485. The lowest BCUT2D eigenvalue weighted by molar-refractivity contribution is 0.591. The van der Waals surface area contributed by atoms with Gasteiger partial charge in [-0.25, -0.2) is 5.84 Å². The van der Waals surface area contributed by atoms with Gasteiger partial charge in [-0.05, 0) is 19.8 Å². The fourth-order valence-electron chi connectivity index (χ4n) is 1.57. The Bertz CT molecular complexity index is 378. The van der Waals surface area contributed by atoms with Gasteiger partial charge in [-0.1, -0.05) is 20.3 Å².